The molecule has 1 saturated carbocycles. The molecule has 1 aromatic carbocycles. The van der Waals surface area contributed by atoms with Crippen molar-refractivity contribution in [2.24, 2.45) is 5.92 Å². The smallest absolute Gasteiger partial charge is 0.0375 e. The van der Waals surface area contributed by atoms with Crippen LogP contribution < -0.4 is 5.32 Å². The van der Waals surface area contributed by atoms with Crippen LogP contribution in [0.5, 0.6) is 0 Å². The van der Waals surface area contributed by atoms with Gasteiger partial charge in [-0.1, -0.05) is 24.6 Å². The van der Waals surface area contributed by atoms with Crippen molar-refractivity contribution in [2.45, 2.75) is 31.7 Å². The number of rotatable bonds is 0. The lowest BCUT2D eigenvalue weighted by molar-refractivity contribution is 0.487. The van der Waals surface area contributed by atoms with Crippen LogP contribution in [0.4, 0.5) is 5.69 Å². The summed E-state index contributed by atoms with van der Waals surface area (Å²) in [6.07, 6.45) is 5.51. The van der Waals surface area contributed by atoms with Crippen molar-refractivity contribution in [3.05, 3.63) is 29.8 Å². The number of nitrogens with one attached hydrogen (secondary N) is 1. The van der Waals surface area contributed by atoms with Crippen LogP contribution in [0.25, 0.3) is 0 Å². The van der Waals surface area contributed by atoms with Gasteiger partial charge in [-0.3, -0.25) is 0 Å². The zero-order valence-electron chi connectivity index (χ0n) is 7.79. The SMILES string of the molecule is c1ccc2c(c1)C[C@H]1CCC[C@H]1N2. The standard InChI is InChI=1S/C12H15N/c1-2-6-11-9(4-1)8-10-5-3-7-12(10)13-11/h1-2,4,6,10,12-13H,3,5,7-8H2/t10-,12-/m1/s1. The lowest BCUT2D eigenvalue weighted by Crippen LogP contribution is -2.30. The summed E-state index contributed by atoms with van der Waals surface area (Å²) < 4.78 is 0. The molecular weight excluding hydrogens is 158 g/mol. The van der Waals surface area contributed by atoms with E-state index in [1.165, 1.54) is 36.9 Å². The number of para-hydroxylation sites is 1. The summed E-state index contributed by atoms with van der Waals surface area (Å²) in [4.78, 5) is 0. The molecule has 1 aliphatic carbocycles. The fraction of sp³-hybridized carbons (Fsp3) is 0.500. The van der Waals surface area contributed by atoms with Crippen LogP contribution in [0.3, 0.4) is 0 Å². The molecule has 68 valence electrons. The predicted octanol–water partition coefficient (Wildman–Crippen LogP) is 2.82. The molecule has 1 heterocycles. The van der Waals surface area contributed by atoms with Crippen LogP contribution in [0.1, 0.15) is 24.8 Å². The molecule has 3 rings (SSSR count). The highest BCUT2D eigenvalue weighted by molar-refractivity contribution is 5.54. The Morgan fingerprint density at radius 3 is 3.08 bits per heavy atom. The molecular formula is C12H15N. The van der Waals surface area contributed by atoms with E-state index in [0.29, 0.717) is 0 Å². The second-order valence-corrected chi connectivity index (χ2v) is 4.30. The molecule has 0 unspecified atom stereocenters. The van der Waals surface area contributed by atoms with Crippen LogP contribution in [0.2, 0.25) is 0 Å². The zero-order valence-corrected chi connectivity index (χ0v) is 7.79. The largest absolute Gasteiger partial charge is 0.382 e. The van der Waals surface area contributed by atoms with Gasteiger partial charge in [-0.15, -0.1) is 0 Å². The molecule has 1 aromatic rings. The summed E-state index contributed by atoms with van der Waals surface area (Å²) in [5.41, 5.74) is 2.90. The van der Waals surface area contributed by atoms with E-state index >= 15 is 0 Å². The van der Waals surface area contributed by atoms with Crippen LogP contribution in [-0.2, 0) is 6.42 Å². The Labute approximate surface area is 79.2 Å². The first-order valence-corrected chi connectivity index (χ1v) is 5.28. The van der Waals surface area contributed by atoms with Crippen molar-refractivity contribution in [3.63, 3.8) is 0 Å². The fourth-order valence-electron chi connectivity index (χ4n) is 2.79. The van der Waals surface area contributed by atoms with Crippen molar-refractivity contribution < 1.29 is 0 Å². The first kappa shape index (κ1) is 7.43. The minimum atomic E-state index is 0.773. The molecule has 1 heteroatoms. The van der Waals surface area contributed by atoms with Crippen LogP contribution in [0.15, 0.2) is 24.3 Å². The van der Waals surface area contributed by atoms with Crippen molar-refractivity contribution in [2.75, 3.05) is 5.32 Å². The van der Waals surface area contributed by atoms with Gasteiger partial charge >= 0.3 is 0 Å². The van der Waals surface area contributed by atoms with Gasteiger partial charge in [0.05, 0.1) is 0 Å². The molecule has 0 saturated heterocycles. The topological polar surface area (TPSA) is 12.0 Å². The lowest BCUT2D eigenvalue weighted by Gasteiger charge is -2.29. The number of fused-ring (bicyclic) bond motifs is 2. The van der Waals surface area contributed by atoms with Crippen LogP contribution in [0, 0.1) is 5.92 Å². The maximum atomic E-state index is 3.66. The minimum absolute atomic E-state index is 0.773. The van der Waals surface area contributed by atoms with Gasteiger partial charge in [0.25, 0.3) is 0 Å². The summed E-state index contributed by atoms with van der Waals surface area (Å²) in [5, 5.41) is 3.66. The average molecular weight is 173 g/mol. The van der Waals surface area contributed by atoms with Gasteiger partial charge in [-0.05, 0) is 36.8 Å². The molecule has 2 atom stereocenters. The number of benzene rings is 1. The second kappa shape index (κ2) is 2.76. The number of hydrogen-bond donors (Lipinski definition) is 1. The van der Waals surface area contributed by atoms with Crippen molar-refractivity contribution in [1.29, 1.82) is 0 Å². The van der Waals surface area contributed by atoms with Crippen molar-refractivity contribution in [1.82, 2.24) is 0 Å². The zero-order chi connectivity index (χ0) is 8.67. The van der Waals surface area contributed by atoms with E-state index in [2.05, 4.69) is 29.6 Å². The van der Waals surface area contributed by atoms with Crippen LogP contribution >= 0.6 is 0 Å². The maximum Gasteiger partial charge on any atom is 0.0375 e. The average Bonchev–Trinajstić information content (AvgIpc) is 2.61. The van der Waals surface area contributed by atoms with Gasteiger partial charge in [0.1, 0.15) is 0 Å². The summed E-state index contributed by atoms with van der Waals surface area (Å²) in [6.45, 7) is 0. The van der Waals surface area contributed by atoms with Gasteiger partial charge in [0.2, 0.25) is 0 Å². The molecule has 1 aliphatic heterocycles. The summed E-state index contributed by atoms with van der Waals surface area (Å²) in [5.74, 6) is 0.912. The van der Waals surface area contributed by atoms with E-state index in [-0.39, 0.29) is 0 Å². The Morgan fingerprint density at radius 1 is 1.15 bits per heavy atom. The summed E-state index contributed by atoms with van der Waals surface area (Å²) in [6, 6.07) is 9.52. The fourth-order valence-corrected chi connectivity index (χ4v) is 2.79. The monoisotopic (exact) mass is 173 g/mol. The lowest BCUT2D eigenvalue weighted by atomic mass is 9.89. The third kappa shape index (κ3) is 1.14. The minimum Gasteiger partial charge on any atom is -0.382 e. The molecule has 1 N–H and O–H groups in total. The summed E-state index contributed by atoms with van der Waals surface area (Å²) in [7, 11) is 0. The first-order valence-electron chi connectivity index (χ1n) is 5.28. The van der Waals surface area contributed by atoms with E-state index in [1.807, 2.05) is 0 Å². The van der Waals surface area contributed by atoms with E-state index in [1.54, 1.807) is 0 Å². The van der Waals surface area contributed by atoms with Crippen molar-refractivity contribution in [3.8, 4) is 0 Å². The van der Waals surface area contributed by atoms with Gasteiger partial charge in [0, 0.05) is 11.7 Å². The van der Waals surface area contributed by atoms with Gasteiger partial charge in [-0.25, -0.2) is 0 Å². The van der Waals surface area contributed by atoms with E-state index in [4.69, 9.17) is 0 Å². The highest BCUT2D eigenvalue weighted by Gasteiger charge is 2.31. The molecule has 0 radical (unpaired) electrons. The van der Waals surface area contributed by atoms with Crippen LogP contribution in [-0.4, -0.2) is 6.04 Å². The third-order valence-corrected chi connectivity index (χ3v) is 3.50. The van der Waals surface area contributed by atoms with Gasteiger partial charge in [0.15, 0.2) is 0 Å². The highest BCUT2D eigenvalue weighted by atomic mass is 14.9. The Morgan fingerprint density at radius 2 is 2.08 bits per heavy atom. The molecule has 13 heavy (non-hydrogen) atoms. The first-order chi connectivity index (χ1) is 6.43. The quantitative estimate of drug-likeness (QED) is 0.636. The Bertz CT molecular complexity index is 288. The molecule has 1 fully saturated rings. The third-order valence-electron chi connectivity index (χ3n) is 3.50. The van der Waals surface area contributed by atoms with Gasteiger partial charge < -0.3 is 5.32 Å². The van der Waals surface area contributed by atoms with E-state index in [0.717, 1.165) is 12.0 Å². The molecule has 0 aromatic heterocycles. The molecule has 0 bridgehead atoms. The Kier molecular flexibility index (Phi) is 1.58. The normalized spacial score (nSPS) is 30.5. The number of hydrogen-bond acceptors (Lipinski definition) is 1. The van der Waals surface area contributed by atoms with E-state index < -0.39 is 0 Å². The Hall–Kier alpha value is -0.980. The maximum absolute atomic E-state index is 3.66. The predicted molar refractivity (Wildman–Crippen MR) is 54.9 cm³/mol. The highest BCUT2D eigenvalue weighted by Crippen LogP contribution is 2.37. The molecule has 1 nitrogen and oxygen atoms in total. The molecule has 0 spiro atoms. The van der Waals surface area contributed by atoms with E-state index in [9.17, 15) is 0 Å². The molecule has 0 amide bonds. The number of anilines is 1. The molecule has 2 aliphatic rings. The Balaban J connectivity index is 1.97. The van der Waals surface area contributed by atoms with Gasteiger partial charge in [-0.2, -0.15) is 0 Å². The van der Waals surface area contributed by atoms with Crippen molar-refractivity contribution >= 4 is 5.69 Å². The summed E-state index contributed by atoms with van der Waals surface area (Å²) >= 11 is 0. The second-order valence-electron chi connectivity index (χ2n) is 4.30.